The van der Waals surface area contributed by atoms with Crippen molar-refractivity contribution in [3.05, 3.63) is 24.3 Å². The van der Waals surface area contributed by atoms with Gasteiger partial charge in [0, 0.05) is 12.8 Å². The summed E-state index contributed by atoms with van der Waals surface area (Å²) in [4.78, 5) is 24.5. The molecule has 0 heterocycles. The average molecular weight is 1060 g/mol. The van der Waals surface area contributed by atoms with Crippen molar-refractivity contribution in [2.24, 2.45) is 0 Å². The first-order valence-electron chi connectivity index (χ1n) is 34.1. The van der Waals surface area contributed by atoms with Crippen molar-refractivity contribution in [1.82, 2.24) is 5.32 Å². The number of amides is 1. The molecule has 0 spiro atoms. The zero-order valence-electron chi connectivity index (χ0n) is 50.8. The van der Waals surface area contributed by atoms with E-state index in [2.05, 4.69) is 31.3 Å². The zero-order chi connectivity index (χ0) is 54.3. The van der Waals surface area contributed by atoms with Crippen molar-refractivity contribution >= 4 is 11.9 Å². The monoisotopic (exact) mass is 1060 g/mol. The number of nitrogens with one attached hydrogen (secondary N) is 1. The summed E-state index contributed by atoms with van der Waals surface area (Å²) in [6.07, 6.45) is 81.2. The number of esters is 1. The number of carbonyl (C=O) groups excluding carboxylic acids is 2. The molecule has 6 heteroatoms. The Balaban J connectivity index is 3.31. The Bertz CT molecular complexity index is 1170. The van der Waals surface area contributed by atoms with Crippen LogP contribution in [0.2, 0.25) is 0 Å². The fourth-order valence-electron chi connectivity index (χ4n) is 10.7. The van der Waals surface area contributed by atoms with Crippen LogP contribution in [0.5, 0.6) is 0 Å². The third kappa shape index (κ3) is 61.4. The van der Waals surface area contributed by atoms with Gasteiger partial charge in [-0.25, -0.2) is 0 Å². The van der Waals surface area contributed by atoms with E-state index in [0.717, 1.165) is 44.9 Å². The second-order valence-electron chi connectivity index (χ2n) is 23.5. The van der Waals surface area contributed by atoms with E-state index in [0.29, 0.717) is 19.4 Å². The van der Waals surface area contributed by atoms with Gasteiger partial charge in [-0.3, -0.25) is 9.59 Å². The molecule has 0 saturated carbocycles. The summed E-state index contributed by atoms with van der Waals surface area (Å²) in [7, 11) is 0. The Kier molecular flexibility index (Phi) is 63.4. The Morgan fingerprint density at radius 2 is 0.627 bits per heavy atom. The van der Waals surface area contributed by atoms with Crippen LogP contribution in [0.3, 0.4) is 0 Å². The molecule has 0 saturated heterocycles. The van der Waals surface area contributed by atoms with Gasteiger partial charge in [-0.05, 0) is 57.8 Å². The Hall–Kier alpha value is -1.66. The summed E-state index contributed by atoms with van der Waals surface area (Å²) < 4.78 is 5.50. The number of ether oxygens (including phenoxy) is 1. The molecule has 3 N–H and O–H groups in total. The molecule has 0 radical (unpaired) electrons. The maximum Gasteiger partial charge on any atom is 0.305 e. The molecule has 1 amide bonds. The minimum atomic E-state index is -0.840. The number of aliphatic hydroxyl groups excluding tert-OH is 2. The first kappa shape index (κ1) is 73.3. The molecule has 0 rings (SSSR count). The van der Waals surface area contributed by atoms with Gasteiger partial charge in [0.15, 0.2) is 0 Å². The lowest BCUT2D eigenvalue weighted by Gasteiger charge is -2.20. The molecule has 0 aliphatic carbocycles. The van der Waals surface area contributed by atoms with Gasteiger partial charge in [-0.1, -0.05) is 334 Å². The quantitative estimate of drug-likeness (QED) is 0.0320. The Morgan fingerprint density at radius 1 is 0.360 bits per heavy atom. The Morgan fingerprint density at radius 3 is 0.947 bits per heavy atom. The van der Waals surface area contributed by atoms with E-state index in [4.69, 9.17) is 4.74 Å². The van der Waals surface area contributed by atoms with E-state index in [1.807, 2.05) is 6.08 Å². The van der Waals surface area contributed by atoms with Crippen LogP contribution in [0.4, 0.5) is 0 Å². The van der Waals surface area contributed by atoms with Gasteiger partial charge in [0.05, 0.1) is 25.4 Å². The molecule has 0 aromatic rings. The highest BCUT2D eigenvalue weighted by Crippen LogP contribution is 2.18. The molecule has 0 aromatic carbocycles. The van der Waals surface area contributed by atoms with E-state index in [1.165, 1.54) is 308 Å². The van der Waals surface area contributed by atoms with Crippen molar-refractivity contribution in [2.45, 2.75) is 392 Å². The number of rotatable bonds is 64. The second-order valence-corrected chi connectivity index (χ2v) is 23.5. The van der Waals surface area contributed by atoms with E-state index in [1.54, 1.807) is 6.08 Å². The third-order valence-corrected chi connectivity index (χ3v) is 16.0. The van der Waals surface area contributed by atoms with Gasteiger partial charge in [-0.2, -0.15) is 0 Å². The predicted octanol–water partition coefficient (Wildman–Crippen LogP) is 21.8. The molecule has 2 atom stereocenters. The standard InChI is InChI=1S/C69H133NO5/c1-3-5-7-9-11-13-15-16-17-32-36-39-43-47-51-55-59-63-69(74)75-64-60-56-52-48-44-40-37-34-31-29-27-25-23-21-19-18-20-22-24-26-28-30-33-35-38-42-46-50-54-58-62-68(73)70-66(65-71)67(72)61-57-53-49-45-41-14-12-10-8-6-4-2/h16-17,57,61,66-67,71-72H,3-15,18-56,58-60,62-65H2,1-2H3,(H,70,73)/b17-16-,61-57+. The number of carbonyl (C=O) groups is 2. The van der Waals surface area contributed by atoms with E-state index < -0.39 is 12.1 Å². The topological polar surface area (TPSA) is 95.9 Å². The third-order valence-electron chi connectivity index (χ3n) is 16.0. The summed E-state index contributed by atoms with van der Waals surface area (Å²) in [5, 5.41) is 23.0. The maximum atomic E-state index is 12.4. The number of allylic oxidation sites excluding steroid dienone is 3. The molecule has 2 unspecified atom stereocenters. The first-order chi connectivity index (χ1) is 37.0. The van der Waals surface area contributed by atoms with Crippen molar-refractivity contribution in [1.29, 1.82) is 0 Å². The molecular formula is C69H133NO5. The Labute approximate surface area is 469 Å². The lowest BCUT2D eigenvalue weighted by Crippen LogP contribution is -2.45. The molecule has 0 aliphatic rings. The lowest BCUT2D eigenvalue weighted by atomic mass is 10.0. The molecule has 6 nitrogen and oxygen atoms in total. The second kappa shape index (κ2) is 64.9. The summed E-state index contributed by atoms with van der Waals surface area (Å²) >= 11 is 0. The highest BCUT2D eigenvalue weighted by atomic mass is 16.5. The van der Waals surface area contributed by atoms with E-state index >= 15 is 0 Å². The molecule has 0 aromatic heterocycles. The summed E-state index contributed by atoms with van der Waals surface area (Å²) in [6, 6.07) is -0.623. The van der Waals surface area contributed by atoms with Crippen molar-refractivity contribution in [3.8, 4) is 0 Å². The van der Waals surface area contributed by atoms with Crippen LogP contribution in [-0.2, 0) is 14.3 Å². The van der Waals surface area contributed by atoms with Gasteiger partial charge in [0.25, 0.3) is 0 Å². The molecule has 0 fully saturated rings. The fourth-order valence-corrected chi connectivity index (χ4v) is 10.7. The highest BCUT2D eigenvalue weighted by molar-refractivity contribution is 5.76. The minimum Gasteiger partial charge on any atom is -0.466 e. The van der Waals surface area contributed by atoms with Crippen LogP contribution in [-0.4, -0.2) is 47.4 Å². The van der Waals surface area contributed by atoms with Gasteiger partial charge in [0.1, 0.15) is 0 Å². The maximum absolute atomic E-state index is 12.4. The molecular weight excluding hydrogens is 923 g/mol. The number of unbranched alkanes of at least 4 members (excludes halogenated alkanes) is 51. The molecule has 0 aliphatic heterocycles. The lowest BCUT2D eigenvalue weighted by molar-refractivity contribution is -0.143. The first-order valence-corrected chi connectivity index (χ1v) is 34.1. The van der Waals surface area contributed by atoms with Crippen LogP contribution < -0.4 is 5.32 Å². The number of hydrogen-bond acceptors (Lipinski definition) is 5. The molecule has 444 valence electrons. The largest absolute Gasteiger partial charge is 0.466 e. The summed E-state index contributed by atoms with van der Waals surface area (Å²) in [6.45, 7) is 4.91. The van der Waals surface area contributed by atoms with Gasteiger partial charge >= 0.3 is 5.97 Å². The van der Waals surface area contributed by atoms with Gasteiger partial charge in [0.2, 0.25) is 5.91 Å². The SMILES string of the molecule is CCCCCCCC/C=C\CCCCCCCCCC(=O)OCCCCCCCCCCCCCCCCCCCCCCCCCCCCCCCCC(=O)NC(CO)C(O)/C=C/CCCCCCCCCCC. The van der Waals surface area contributed by atoms with Crippen LogP contribution in [0, 0.1) is 0 Å². The minimum absolute atomic E-state index is 0.0169. The van der Waals surface area contributed by atoms with Gasteiger partial charge in [-0.15, -0.1) is 0 Å². The van der Waals surface area contributed by atoms with Crippen molar-refractivity contribution < 1.29 is 24.5 Å². The van der Waals surface area contributed by atoms with Crippen LogP contribution in [0.15, 0.2) is 24.3 Å². The van der Waals surface area contributed by atoms with Gasteiger partial charge < -0.3 is 20.3 Å². The predicted molar refractivity (Wildman–Crippen MR) is 329 cm³/mol. The fraction of sp³-hybridized carbons (Fsp3) is 0.913. The average Bonchev–Trinajstić information content (AvgIpc) is 3.41. The molecule has 75 heavy (non-hydrogen) atoms. The smallest absolute Gasteiger partial charge is 0.305 e. The normalized spacial score (nSPS) is 12.6. The highest BCUT2D eigenvalue weighted by Gasteiger charge is 2.18. The zero-order valence-corrected chi connectivity index (χ0v) is 50.8. The summed E-state index contributed by atoms with van der Waals surface area (Å²) in [5.41, 5.74) is 0. The number of hydrogen-bond donors (Lipinski definition) is 3. The van der Waals surface area contributed by atoms with Crippen LogP contribution >= 0.6 is 0 Å². The summed E-state index contributed by atoms with van der Waals surface area (Å²) in [5.74, 6) is -0.0469. The number of aliphatic hydroxyl groups is 2. The van der Waals surface area contributed by atoms with Crippen LogP contribution in [0.1, 0.15) is 380 Å². The molecule has 0 bridgehead atoms. The van der Waals surface area contributed by atoms with Crippen molar-refractivity contribution in [2.75, 3.05) is 13.2 Å². The van der Waals surface area contributed by atoms with Crippen molar-refractivity contribution in [3.63, 3.8) is 0 Å². The van der Waals surface area contributed by atoms with E-state index in [-0.39, 0.29) is 18.5 Å². The van der Waals surface area contributed by atoms with E-state index in [9.17, 15) is 19.8 Å². The van der Waals surface area contributed by atoms with Crippen LogP contribution in [0.25, 0.3) is 0 Å².